The fraction of sp³-hybridized carbons (Fsp3) is 0.727. The van der Waals surface area contributed by atoms with Crippen molar-refractivity contribution in [2.45, 2.75) is 25.8 Å². The van der Waals surface area contributed by atoms with Crippen LogP contribution in [0.3, 0.4) is 0 Å². The average molecular weight is 258 g/mol. The lowest BCUT2D eigenvalue weighted by molar-refractivity contribution is -0.159. The molecule has 0 aliphatic carbocycles. The fourth-order valence-corrected chi connectivity index (χ4v) is 2.11. The maximum atomic E-state index is 11.8. The van der Waals surface area contributed by atoms with Gasteiger partial charge in [0.15, 0.2) is 0 Å². The number of rotatable bonds is 4. The molecule has 1 heterocycles. The van der Waals surface area contributed by atoms with Crippen LogP contribution in [0.5, 0.6) is 0 Å². The van der Waals surface area contributed by atoms with Gasteiger partial charge in [0.05, 0.1) is 17.9 Å². The first-order valence-corrected chi connectivity index (χ1v) is 5.88. The summed E-state index contributed by atoms with van der Waals surface area (Å²) in [5.74, 6) is -4.64. The van der Waals surface area contributed by atoms with E-state index in [0.29, 0.717) is 6.42 Å². The van der Waals surface area contributed by atoms with Gasteiger partial charge in [-0.2, -0.15) is 0 Å². The Kier molecular flexibility index (Phi) is 4.66. The molecule has 4 N–H and O–H groups in total. The SMILES string of the molecule is CC[C@H](N)C(=O)N1CCC(C(=O)O)C(C(=O)O)C1. The van der Waals surface area contributed by atoms with Crippen molar-refractivity contribution in [2.75, 3.05) is 13.1 Å². The minimum Gasteiger partial charge on any atom is -0.481 e. The van der Waals surface area contributed by atoms with Crippen molar-refractivity contribution in [3.05, 3.63) is 0 Å². The van der Waals surface area contributed by atoms with Gasteiger partial charge < -0.3 is 20.8 Å². The monoisotopic (exact) mass is 258 g/mol. The van der Waals surface area contributed by atoms with Crippen molar-refractivity contribution in [3.63, 3.8) is 0 Å². The van der Waals surface area contributed by atoms with E-state index in [9.17, 15) is 14.4 Å². The maximum absolute atomic E-state index is 11.8. The van der Waals surface area contributed by atoms with Gasteiger partial charge in [-0.05, 0) is 12.8 Å². The number of nitrogens with zero attached hydrogens (tertiary/aromatic N) is 1. The average Bonchev–Trinajstić information content (AvgIpc) is 2.35. The van der Waals surface area contributed by atoms with Crippen LogP contribution in [0.4, 0.5) is 0 Å². The summed E-state index contributed by atoms with van der Waals surface area (Å²) >= 11 is 0. The van der Waals surface area contributed by atoms with E-state index >= 15 is 0 Å². The number of carbonyl (C=O) groups excluding carboxylic acids is 1. The molecule has 0 bridgehead atoms. The molecule has 18 heavy (non-hydrogen) atoms. The molecule has 0 aromatic heterocycles. The van der Waals surface area contributed by atoms with Gasteiger partial charge in [-0.3, -0.25) is 14.4 Å². The Balaban J connectivity index is 2.77. The molecular weight excluding hydrogens is 240 g/mol. The molecular formula is C11H18N2O5. The minimum atomic E-state index is -1.19. The number of hydrogen-bond acceptors (Lipinski definition) is 4. The Morgan fingerprint density at radius 2 is 1.83 bits per heavy atom. The lowest BCUT2D eigenvalue weighted by Gasteiger charge is -2.35. The third kappa shape index (κ3) is 2.98. The largest absolute Gasteiger partial charge is 0.481 e. The van der Waals surface area contributed by atoms with E-state index in [-0.39, 0.29) is 25.4 Å². The first-order chi connectivity index (χ1) is 8.38. The first kappa shape index (κ1) is 14.4. The Morgan fingerprint density at radius 3 is 2.28 bits per heavy atom. The van der Waals surface area contributed by atoms with Gasteiger partial charge >= 0.3 is 11.9 Å². The van der Waals surface area contributed by atoms with Crippen LogP contribution >= 0.6 is 0 Å². The van der Waals surface area contributed by atoms with Gasteiger partial charge in [-0.25, -0.2) is 0 Å². The zero-order valence-corrected chi connectivity index (χ0v) is 10.2. The lowest BCUT2D eigenvalue weighted by Crippen LogP contribution is -2.52. The smallest absolute Gasteiger partial charge is 0.309 e. The molecule has 1 amide bonds. The minimum absolute atomic E-state index is 0.0845. The Morgan fingerprint density at radius 1 is 1.28 bits per heavy atom. The number of piperidine rings is 1. The van der Waals surface area contributed by atoms with E-state index in [4.69, 9.17) is 15.9 Å². The van der Waals surface area contributed by atoms with Crippen LogP contribution in [0.15, 0.2) is 0 Å². The summed E-state index contributed by atoms with van der Waals surface area (Å²) in [6.45, 7) is 1.92. The second kappa shape index (κ2) is 5.81. The van der Waals surface area contributed by atoms with Crippen LogP contribution < -0.4 is 5.73 Å². The lowest BCUT2D eigenvalue weighted by atomic mass is 9.85. The van der Waals surface area contributed by atoms with Gasteiger partial charge in [-0.15, -0.1) is 0 Å². The molecule has 102 valence electrons. The van der Waals surface area contributed by atoms with E-state index < -0.39 is 29.8 Å². The number of nitrogens with two attached hydrogens (primary N) is 1. The highest BCUT2D eigenvalue weighted by atomic mass is 16.4. The molecule has 1 fully saturated rings. The number of carboxylic acid groups (broad SMARTS) is 2. The third-order valence-corrected chi connectivity index (χ3v) is 3.32. The van der Waals surface area contributed by atoms with E-state index in [1.807, 2.05) is 0 Å². The predicted molar refractivity (Wildman–Crippen MR) is 61.7 cm³/mol. The molecule has 2 unspecified atom stereocenters. The van der Waals surface area contributed by atoms with E-state index in [0.717, 1.165) is 0 Å². The quantitative estimate of drug-likeness (QED) is 0.616. The topological polar surface area (TPSA) is 121 Å². The van der Waals surface area contributed by atoms with Crippen molar-refractivity contribution in [3.8, 4) is 0 Å². The molecule has 0 spiro atoms. The fourth-order valence-electron chi connectivity index (χ4n) is 2.11. The van der Waals surface area contributed by atoms with Crippen LogP contribution in [0.2, 0.25) is 0 Å². The summed E-state index contributed by atoms with van der Waals surface area (Å²) in [5.41, 5.74) is 5.61. The number of carboxylic acids is 2. The molecule has 0 saturated carbocycles. The molecule has 1 aliphatic rings. The van der Waals surface area contributed by atoms with E-state index in [1.165, 1.54) is 4.90 Å². The van der Waals surface area contributed by atoms with Gasteiger partial charge in [0, 0.05) is 13.1 Å². The summed E-state index contributed by atoms with van der Waals surface area (Å²) in [5, 5.41) is 18.0. The molecule has 7 heteroatoms. The second-order valence-electron chi connectivity index (χ2n) is 4.48. The van der Waals surface area contributed by atoms with Crippen LogP contribution in [0.25, 0.3) is 0 Å². The molecule has 0 aromatic rings. The van der Waals surface area contributed by atoms with Gasteiger partial charge in [-0.1, -0.05) is 6.92 Å². The van der Waals surface area contributed by atoms with Crippen molar-refractivity contribution < 1.29 is 24.6 Å². The van der Waals surface area contributed by atoms with Gasteiger partial charge in [0.1, 0.15) is 0 Å². The highest BCUT2D eigenvalue weighted by molar-refractivity contribution is 5.84. The molecule has 1 aliphatic heterocycles. The molecule has 0 aromatic carbocycles. The Labute approximate surface area is 105 Å². The summed E-state index contributed by atoms with van der Waals surface area (Å²) in [7, 11) is 0. The number of carbonyl (C=O) groups is 3. The second-order valence-corrected chi connectivity index (χ2v) is 4.48. The number of aliphatic carboxylic acids is 2. The number of likely N-dealkylation sites (tertiary alicyclic amines) is 1. The summed E-state index contributed by atoms with van der Waals surface area (Å²) in [6, 6.07) is -0.652. The van der Waals surface area contributed by atoms with Crippen LogP contribution in [0.1, 0.15) is 19.8 Å². The zero-order chi connectivity index (χ0) is 13.9. The van der Waals surface area contributed by atoms with Crippen LogP contribution in [-0.4, -0.2) is 52.1 Å². The normalized spacial score (nSPS) is 25.6. The summed E-state index contributed by atoms with van der Waals surface area (Å²) in [6.07, 6.45) is 0.615. The van der Waals surface area contributed by atoms with Gasteiger partial charge in [0.25, 0.3) is 0 Å². The van der Waals surface area contributed by atoms with Crippen molar-refractivity contribution in [1.82, 2.24) is 4.90 Å². The van der Waals surface area contributed by atoms with E-state index in [2.05, 4.69) is 0 Å². The maximum Gasteiger partial charge on any atom is 0.309 e. The van der Waals surface area contributed by atoms with Crippen LogP contribution in [-0.2, 0) is 14.4 Å². The molecule has 0 radical (unpaired) electrons. The predicted octanol–water partition coefficient (Wildman–Crippen LogP) is -0.642. The molecule has 7 nitrogen and oxygen atoms in total. The molecule has 1 rings (SSSR count). The highest BCUT2D eigenvalue weighted by Gasteiger charge is 2.40. The molecule has 1 saturated heterocycles. The standard InChI is InChI=1S/C11H18N2O5/c1-2-8(12)9(14)13-4-3-6(10(15)16)7(5-13)11(17)18/h6-8H,2-5,12H2,1H3,(H,15,16)(H,17,18)/t6?,7?,8-/m0/s1. The number of hydrogen-bond donors (Lipinski definition) is 3. The number of amides is 1. The highest BCUT2D eigenvalue weighted by Crippen LogP contribution is 2.24. The first-order valence-electron chi connectivity index (χ1n) is 5.88. The van der Waals surface area contributed by atoms with E-state index in [1.54, 1.807) is 6.92 Å². The van der Waals surface area contributed by atoms with Crippen molar-refractivity contribution in [2.24, 2.45) is 17.6 Å². The zero-order valence-electron chi connectivity index (χ0n) is 10.2. The van der Waals surface area contributed by atoms with Gasteiger partial charge in [0.2, 0.25) is 5.91 Å². The Hall–Kier alpha value is -1.63. The van der Waals surface area contributed by atoms with Crippen molar-refractivity contribution in [1.29, 1.82) is 0 Å². The Bertz CT molecular complexity index is 357. The van der Waals surface area contributed by atoms with Crippen LogP contribution in [0, 0.1) is 11.8 Å². The molecule has 3 atom stereocenters. The third-order valence-electron chi connectivity index (χ3n) is 3.32. The van der Waals surface area contributed by atoms with Crippen molar-refractivity contribution >= 4 is 17.8 Å². The summed E-state index contributed by atoms with van der Waals surface area (Å²) in [4.78, 5) is 35.2. The summed E-state index contributed by atoms with van der Waals surface area (Å²) < 4.78 is 0.